The van der Waals surface area contributed by atoms with Gasteiger partial charge < -0.3 is 0 Å². The molecule has 0 fully saturated rings. The summed E-state index contributed by atoms with van der Waals surface area (Å²) in [4.78, 5) is 11.6. The third kappa shape index (κ3) is 4.12. The molecule has 0 radical (unpaired) electrons. The van der Waals surface area contributed by atoms with Crippen LogP contribution in [0.5, 0.6) is 0 Å². The van der Waals surface area contributed by atoms with Gasteiger partial charge in [0.2, 0.25) is 10.0 Å². The molecule has 3 aromatic rings. The van der Waals surface area contributed by atoms with Crippen molar-refractivity contribution in [1.82, 2.24) is 9.79 Å². The Morgan fingerprint density at radius 2 is 1.46 bits per heavy atom. The second-order valence-corrected chi connectivity index (χ2v) is 8.27. The molecule has 0 aromatic heterocycles. The van der Waals surface area contributed by atoms with Crippen LogP contribution in [0.2, 0.25) is 0 Å². The molecule has 2 N–H and O–H groups in total. The predicted octanol–water partition coefficient (Wildman–Crippen LogP) is 3.29. The van der Waals surface area contributed by atoms with Crippen molar-refractivity contribution in [2.24, 2.45) is 0 Å². The minimum atomic E-state index is -3.92. The van der Waals surface area contributed by atoms with Gasteiger partial charge in [0.1, 0.15) is 0 Å². The number of amides is 1. The van der Waals surface area contributed by atoms with Crippen molar-refractivity contribution in [3.63, 3.8) is 0 Å². The van der Waals surface area contributed by atoms with E-state index in [2.05, 4.69) is 0 Å². The average Bonchev–Trinajstić information content (AvgIpc) is 2.74. The molecule has 0 aliphatic rings. The van der Waals surface area contributed by atoms with Gasteiger partial charge in [-0.25, -0.2) is 13.9 Å². The van der Waals surface area contributed by atoms with Gasteiger partial charge >= 0.3 is 0 Å². The first-order valence-corrected chi connectivity index (χ1v) is 10.0. The molecule has 6 nitrogen and oxygen atoms in total. The van der Waals surface area contributed by atoms with E-state index in [9.17, 15) is 13.2 Å². The lowest BCUT2D eigenvalue weighted by molar-refractivity contribution is 0.0702. The Bertz CT molecular complexity index is 1070. The normalized spacial score (nSPS) is 11.4. The van der Waals surface area contributed by atoms with E-state index in [0.29, 0.717) is 0 Å². The summed E-state index contributed by atoms with van der Waals surface area (Å²) in [6, 6.07) is 23.3. The third-order valence-electron chi connectivity index (χ3n) is 4.39. The molecule has 0 spiro atoms. The highest BCUT2D eigenvalue weighted by atomic mass is 32.2. The summed E-state index contributed by atoms with van der Waals surface area (Å²) in [6.45, 7) is 0.145. The molecule has 0 aliphatic heterocycles. The fourth-order valence-corrected chi connectivity index (χ4v) is 4.23. The second kappa shape index (κ2) is 8.35. The van der Waals surface area contributed by atoms with Gasteiger partial charge in [-0.1, -0.05) is 66.7 Å². The van der Waals surface area contributed by atoms with Crippen LogP contribution in [-0.2, 0) is 16.6 Å². The quantitative estimate of drug-likeness (QED) is 0.494. The van der Waals surface area contributed by atoms with Gasteiger partial charge in [-0.3, -0.25) is 10.0 Å². The summed E-state index contributed by atoms with van der Waals surface area (Å²) in [5.74, 6) is -0.875. The highest BCUT2D eigenvalue weighted by Crippen LogP contribution is 2.23. The van der Waals surface area contributed by atoms with Crippen molar-refractivity contribution in [3.05, 3.63) is 90.0 Å². The van der Waals surface area contributed by atoms with E-state index in [0.717, 1.165) is 16.7 Å². The number of hydroxylamine groups is 1. The van der Waals surface area contributed by atoms with E-state index in [1.165, 1.54) is 41.1 Å². The Hall–Kier alpha value is -3.00. The van der Waals surface area contributed by atoms with Gasteiger partial charge in [0, 0.05) is 13.6 Å². The lowest BCUT2D eigenvalue weighted by Crippen LogP contribution is -2.29. The largest absolute Gasteiger partial charge is 0.288 e. The summed E-state index contributed by atoms with van der Waals surface area (Å²) >= 11 is 0. The molecule has 7 heteroatoms. The van der Waals surface area contributed by atoms with Gasteiger partial charge in [0.05, 0.1) is 10.5 Å². The Balaban J connectivity index is 1.83. The monoisotopic (exact) mass is 396 g/mol. The topological polar surface area (TPSA) is 86.7 Å². The molecule has 0 bridgehead atoms. The summed E-state index contributed by atoms with van der Waals surface area (Å²) in [7, 11) is -2.47. The number of carbonyl (C=O) groups is 1. The lowest BCUT2D eigenvalue weighted by Gasteiger charge is -2.19. The van der Waals surface area contributed by atoms with E-state index < -0.39 is 15.9 Å². The number of hydrogen-bond acceptors (Lipinski definition) is 4. The number of nitrogens with zero attached hydrogens (tertiary/aromatic N) is 1. The van der Waals surface area contributed by atoms with Gasteiger partial charge in [-0.2, -0.15) is 4.31 Å². The molecule has 0 unspecified atom stereocenters. The van der Waals surface area contributed by atoms with Crippen LogP contribution in [0.1, 0.15) is 15.9 Å². The summed E-state index contributed by atoms with van der Waals surface area (Å²) in [6.07, 6.45) is 0. The average molecular weight is 396 g/mol. The minimum absolute atomic E-state index is 0.115. The standard InChI is InChI=1S/C21H20N2O4S/c1-23(28(26,27)20-10-6-5-9-19(20)21(24)22-25)15-16-11-13-18(14-12-16)17-7-3-2-4-8-17/h2-14,25H,15H2,1H3,(H,22,24). The number of sulfonamides is 1. The summed E-state index contributed by atoms with van der Waals surface area (Å²) < 4.78 is 27.0. The predicted molar refractivity (Wildman–Crippen MR) is 106 cm³/mol. The maximum atomic E-state index is 12.9. The van der Waals surface area contributed by atoms with Crippen LogP contribution in [0.4, 0.5) is 0 Å². The molecule has 0 atom stereocenters. The maximum Gasteiger partial charge on any atom is 0.276 e. The minimum Gasteiger partial charge on any atom is -0.288 e. The van der Waals surface area contributed by atoms with E-state index >= 15 is 0 Å². The number of carbonyl (C=O) groups excluding carboxylic acids is 1. The number of hydrogen-bond donors (Lipinski definition) is 2. The Kier molecular flexibility index (Phi) is 5.89. The molecular formula is C21H20N2O4S. The third-order valence-corrected chi connectivity index (χ3v) is 6.25. The van der Waals surface area contributed by atoms with E-state index in [1.54, 1.807) is 0 Å². The first-order chi connectivity index (χ1) is 13.4. The molecule has 0 heterocycles. The number of rotatable bonds is 6. The van der Waals surface area contributed by atoms with Crippen LogP contribution < -0.4 is 5.48 Å². The zero-order chi connectivity index (χ0) is 20.1. The number of nitrogens with one attached hydrogen (secondary N) is 1. The zero-order valence-electron chi connectivity index (χ0n) is 15.2. The van der Waals surface area contributed by atoms with Crippen LogP contribution in [0, 0.1) is 0 Å². The molecule has 1 amide bonds. The second-order valence-electron chi connectivity index (χ2n) is 6.26. The Labute approximate surface area is 164 Å². The van der Waals surface area contributed by atoms with E-state index in [4.69, 9.17) is 5.21 Å². The van der Waals surface area contributed by atoms with Crippen LogP contribution in [0.3, 0.4) is 0 Å². The van der Waals surface area contributed by atoms with Crippen LogP contribution >= 0.6 is 0 Å². The molecule has 3 rings (SSSR count). The highest BCUT2D eigenvalue weighted by Gasteiger charge is 2.26. The van der Waals surface area contributed by atoms with Crippen LogP contribution in [-0.4, -0.2) is 30.9 Å². The SMILES string of the molecule is CN(Cc1ccc(-c2ccccc2)cc1)S(=O)(=O)c1ccccc1C(=O)NO. The Morgan fingerprint density at radius 1 is 0.893 bits per heavy atom. The summed E-state index contributed by atoms with van der Waals surface area (Å²) in [5.41, 5.74) is 4.31. The fourth-order valence-electron chi connectivity index (χ4n) is 2.88. The van der Waals surface area contributed by atoms with Gasteiger partial charge in [-0.15, -0.1) is 0 Å². The zero-order valence-corrected chi connectivity index (χ0v) is 16.1. The lowest BCUT2D eigenvalue weighted by atomic mass is 10.0. The number of benzene rings is 3. The smallest absolute Gasteiger partial charge is 0.276 e. The molecule has 144 valence electrons. The first-order valence-electron chi connectivity index (χ1n) is 8.57. The van der Waals surface area contributed by atoms with Crippen molar-refractivity contribution in [2.45, 2.75) is 11.4 Å². The molecule has 0 aliphatic carbocycles. The Morgan fingerprint density at radius 3 is 2.11 bits per heavy atom. The van der Waals surface area contributed by atoms with Gasteiger partial charge in [0.25, 0.3) is 5.91 Å². The van der Waals surface area contributed by atoms with E-state index in [-0.39, 0.29) is 17.0 Å². The van der Waals surface area contributed by atoms with Crippen LogP contribution in [0.15, 0.2) is 83.8 Å². The molecule has 3 aromatic carbocycles. The maximum absolute atomic E-state index is 12.9. The molecule has 0 saturated carbocycles. The van der Waals surface area contributed by atoms with Crippen molar-refractivity contribution in [1.29, 1.82) is 0 Å². The summed E-state index contributed by atoms with van der Waals surface area (Å²) in [5, 5.41) is 8.86. The van der Waals surface area contributed by atoms with Gasteiger partial charge in [0.15, 0.2) is 0 Å². The first kappa shape index (κ1) is 19.8. The molecular weight excluding hydrogens is 376 g/mol. The van der Waals surface area contributed by atoms with Crippen molar-refractivity contribution in [3.8, 4) is 11.1 Å². The highest BCUT2D eigenvalue weighted by molar-refractivity contribution is 7.89. The van der Waals surface area contributed by atoms with E-state index in [1.807, 2.05) is 54.6 Å². The van der Waals surface area contributed by atoms with Crippen LogP contribution in [0.25, 0.3) is 11.1 Å². The van der Waals surface area contributed by atoms with Crippen molar-refractivity contribution < 1.29 is 18.4 Å². The van der Waals surface area contributed by atoms with Crippen molar-refractivity contribution in [2.75, 3.05) is 7.05 Å². The van der Waals surface area contributed by atoms with Gasteiger partial charge in [-0.05, 0) is 28.8 Å². The molecule has 28 heavy (non-hydrogen) atoms. The molecule has 0 saturated heterocycles. The van der Waals surface area contributed by atoms with Crippen molar-refractivity contribution >= 4 is 15.9 Å². The fraction of sp³-hybridized carbons (Fsp3) is 0.0952.